The molecule has 1 aliphatic rings. The van der Waals surface area contributed by atoms with Crippen LogP contribution in [0.25, 0.3) is 0 Å². The molecule has 0 fully saturated rings. The standard InChI is InChI=1S/C20H26Cl3N5O6/c1-5-31-18(29)25-16-24-17(26-19(30)32-6-2)28(20(3,4)27-16)34-9-7-8-33-15-11-13(22)12(21)10-14(15)23/h10-11H,5-9H2,1-4H3,(H2,24,25,26,27,29,30). The highest BCUT2D eigenvalue weighted by Crippen LogP contribution is 2.33. The van der Waals surface area contributed by atoms with Gasteiger partial charge in [0.05, 0.1) is 41.5 Å². The molecule has 14 heteroatoms. The first kappa shape index (κ1) is 27.8. The molecule has 11 nitrogen and oxygen atoms in total. The molecule has 0 saturated carbocycles. The molecular weight excluding hydrogens is 513 g/mol. The highest BCUT2D eigenvalue weighted by atomic mass is 35.5. The summed E-state index contributed by atoms with van der Waals surface area (Å²) in [6, 6.07) is 3.03. The summed E-state index contributed by atoms with van der Waals surface area (Å²) >= 11 is 18.0. The zero-order valence-electron chi connectivity index (χ0n) is 19.1. The summed E-state index contributed by atoms with van der Waals surface area (Å²) in [7, 11) is 0. The first-order chi connectivity index (χ1) is 16.1. The van der Waals surface area contributed by atoms with Gasteiger partial charge in [0.25, 0.3) is 0 Å². The Balaban J connectivity index is 2.03. The van der Waals surface area contributed by atoms with E-state index in [0.717, 1.165) is 0 Å². The molecule has 0 saturated heterocycles. The molecule has 1 aromatic carbocycles. The van der Waals surface area contributed by atoms with Gasteiger partial charge in [-0.25, -0.2) is 14.6 Å². The van der Waals surface area contributed by atoms with Crippen molar-refractivity contribution in [3.8, 4) is 5.75 Å². The van der Waals surface area contributed by atoms with Crippen molar-refractivity contribution in [3.63, 3.8) is 0 Å². The van der Waals surface area contributed by atoms with E-state index in [9.17, 15) is 9.59 Å². The van der Waals surface area contributed by atoms with Gasteiger partial charge in [-0.2, -0.15) is 10.1 Å². The number of guanidine groups is 2. The zero-order chi connectivity index (χ0) is 25.3. The fraction of sp³-hybridized carbons (Fsp3) is 0.500. The Hall–Kier alpha value is -2.47. The van der Waals surface area contributed by atoms with Gasteiger partial charge < -0.3 is 14.2 Å². The van der Waals surface area contributed by atoms with Crippen LogP contribution in [0, 0.1) is 0 Å². The molecule has 34 heavy (non-hydrogen) atoms. The van der Waals surface area contributed by atoms with Crippen molar-refractivity contribution >= 4 is 58.9 Å². The summed E-state index contributed by atoms with van der Waals surface area (Å²) in [4.78, 5) is 38.1. The Labute approximate surface area is 212 Å². The van der Waals surface area contributed by atoms with Gasteiger partial charge in [0.1, 0.15) is 5.75 Å². The molecule has 0 spiro atoms. The van der Waals surface area contributed by atoms with Crippen molar-refractivity contribution in [2.75, 3.05) is 26.4 Å². The molecule has 2 N–H and O–H groups in total. The van der Waals surface area contributed by atoms with Crippen LogP contribution in [0.1, 0.15) is 34.1 Å². The van der Waals surface area contributed by atoms with Gasteiger partial charge in [0, 0.05) is 12.5 Å². The minimum absolute atomic E-state index is 0.0290. The number of carbonyl (C=O) groups is 2. The molecule has 0 aromatic heterocycles. The maximum Gasteiger partial charge on any atom is 0.414 e. The Bertz CT molecular complexity index is 957. The number of aliphatic imine (C=N–C) groups is 2. The number of amides is 2. The van der Waals surface area contributed by atoms with Crippen molar-refractivity contribution in [1.82, 2.24) is 15.7 Å². The molecule has 0 bridgehead atoms. The minimum Gasteiger partial charge on any atom is -0.492 e. The quantitative estimate of drug-likeness (QED) is 0.366. The maximum atomic E-state index is 12.0. The molecular formula is C20H26Cl3N5O6. The van der Waals surface area contributed by atoms with Gasteiger partial charge in [-0.3, -0.25) is 15.5 Å². The van der Waals surface area contributed by atoms with Crippen LogP contribution in [0.2, 0.25) is 15.1 Å². The lowest BCUT2D eigenvalue weighted by Gasteiger charge is -2.38. The molecule has 1 aliphatic heterocycles. The van der Waals surface area contributed by atoms with E-state index < -0.39 is 17.8 Å². The van der Waals surface area contributed by atoms with Crippen molar-refractivity contribution in [1.29, 1.82) is 0 Å². The van der Waals surface area contributed by atoms with Gasteiger partial charge in [-0.05, 0) is 33.8 Å². The molecule has 0 aliphatic carbocycles. The summed E-state index contributed by atoms with van der Waals surface area (Å²) in [5.41, 5.74) is -1.06. The lowest BCUT2D eigenvalue weighted by molar-refractivity contribution is -0.160. The van der Waals surface area contributed by atoms with E-state index in [2.05, 4.69) is 20.6 Å². The number of hydroxylamine groups is 2. The van der Waals surface area contributed by atoms with Crippen LogP contribution in [0.5, 0.6) is 5.75 Å². The average Bonchev–Trinajstić information content (AvgIpc) is 2.72. The summed E-state index contributed by atoms with van der Waals surface area (Å²) in [5, 5.41) is 7.18. The lowest BCUT2D eigenvalue weighted by Crippen LogP contribution is -2.57. The van der Waals surface area contributed by atoms with Crippen LogP contribution in [0.3, 0.4) is 0 Å². The van der Waals surface area contributed by atoms with E-state index in [4.69, 9.17) is 53.9 Å². The smallest absolute Gasteiger partial charge is 0.414 e. The van der Waals surface area contributed by atoms with E-state index >= 15 is 0 Å². The van der Waals surface area contributed by atoms with Crippen LogP contribution >= 0.6 is 34.8 Å². The van der Waals surface area contributed by atoms with Crippen LogP contribution in [0.15, 0.2) is 22.1 Å². The molecule has 1 heterocycles. The number of nitrogens with one attached hydrogen (secondary N) is 2. The van der Waals surface area contributed by atoms with Crippen molar-refractivity contribution in [2.45, 2.75) is 39.8 Å². The third kappa shape index (κ3) is 8.08. The predicted molar refractivity (Wildman–Crippen MR) is 129 cm³/mol. The van der Waals surface area contributed by atoms with Crippen molar-refractivity contribution < 1.29 is 28.6 Å². The van der Waals surface area contributed by atoms with E-state index in [1.807, 2.05) is 0 Å². The number of benzene rings is 1. The van der Waals surface area contributed by atoms with Crippen LogP contribution < -0.4 is 15.4 Å². The summed E-state index contributed by atoms with van der Waals surface area (Å²) in [5.74, 6) is 0.297. The zero-order valence-corrected chi connectivity index (χ0v) is 21.4. The fourth-order valence-electron chi connectivity index (χ4n) is 2.62. The largest absolute Gasteiger partial charge is 0.492 e. The Morgan fingerprint density at radius 1 is 0.971 bits per heavy atom. The van der Waals surface area contributed by atoms with Crippen LogP contribution in [-0.2, 0) is 14.3 Å². The highest BCUT2D eigenvalue weighted by Gasteiger charge is 2.36. The molecule has 1 aromatic rings. The molecule has 0 unspecified atom stereocenters. The number of nitrogens with zero attached hydrogens (tertiary/aromatic N) is 3. The topological polar surface area (TPSA) is 123 Å². The van der Waals surface area contributed by atoms with Gasteiger partial charge in [-0.15, -0.1) is 0 Å². The molecule has 2 rings (SSSR count). The number of alkyl carbamates (subject to hydrolysis) is 2. The van der Waals surface area contributed by atoms with Crippen molar-refractivity contribution in [3.05, 3.63) is 27.2 Å². The molecule has 0 radical (unpaired) electrons. The second-order valence-electron chi connectivity index (χ2n) is 7.08. The number of hydrogen-bond donors (Lipinski definition) is 2. The summed E-state index contributed by atoms with van der Waals surface area (Å²) < 4.78 is 15.4. The second kappa shape index (κ2) is 12.8. The normalized spacial score (nSPS) is 14.6. The predicted octanol–water partition coefficient (Wildman–Crippen LogP) is 4.60. The van der Waals surface area contributed by atoms with E-state index in [0.29, 0.717) is 27.2 Å². The molecule has 0 atom stereocenters. The van der Waals surface area contributed by atoms with Gasteiger partial charge >= 0.3 is 12.2 Å². The van der Waals surface area contributed by atoms with Crippen LogP contribution in [0.4, 0.5) is 9.59 Å². The van der Waals surface area contributed by atoms with Crippen molar-refractivity contribution in [2.24, 2.45) is 9.98 Å². The Kier molecular flexibility index (Phi) is 10.5. The van der Waals surface area contributed by atoms with Gasteiger partial charge in [-0.1, -0.05) is 34.8 Å². The van der Waals surface area contributed by atoms with E-state index in [1.165, 1.54) is 17.2 Å². The second-order valence-corrected chi connectivity index (χ2v) is 8.30. The average molecular weight is 539 g/mol. The third-order valence-electron chi connectivity index (χ3n) is 4.00. The number of ether oxygens (including phenoxy) is 3. The highest BCUT2D eigenvalue weighted by molar-refractivity contribution is 6.43. The number of rotatable bonds is 8. The van der Waals surface area contributed by atoms with E-state index in [-0.39, 0.29) is 38.3 Å². The van der Waals surface area contributed by atoms with Gasteiger partial charge in [0.15, 0.2) is 5.66 Å². The van der Waals surface area contributed by atoms with Gasteiger partial charge in [0.2, 0.25) is 11.9 Å². The summed E-state index contributed by atoms with van der Waals surface area (Å²) in [6.45, 7) is 7.48. The van der Waals surface area contributed by atoms with E-state index in [1.54, 1.807) is 27.7 Å². The maximum absolute atomic E-state index is 12.0. The SMILES string of the molecule is CCOC(=O)NC1=NC(C)(C)N(OCCCOc2cc(Cl)c(Cl)cc2Cl)C(NC(=O)OCC)=N1. The number of halogens is 3. The first-order valence-corrected chi connectivity index (χ1v) is 11.5. The lowest BCUT2D eigenvalue weighted by atomic mass is 10.2. The summed E-state index contributed by atoms with van der Waals surface area (Å²) in [6.07, 6.45) is -1.04. The van der Waals surface area contributed by atoms with Crippen LogP contribution in [-0.4, -0.2) is 61.3 Å². The first-order valence-electron chi connectivity index (χ1n) is 10.3. The number of carbonyl (C=O) groups excluding carboxylic acids is 2. The molecule has 188 valence electrons. The monoisotopic (exact) mass is 537 g/mol. The third-order valence-corrected chi connectivity index (χ3v) is 5.02. The minimum atomic E-state index is -1.06. The molecule has 2 amide bonds. The Morgan fingerprint density at radius 2 is 1.59 bits per heavy atom. The number of hydrogen-bond acceptors (Lipinski definition) is 9. The fourth-order valence-corrected chi connectivity index (χ4v) is 3.21. The Morgan fingerprint density at radius 3 is 2.24 bits per heavy atom.